The van der Waals surface area contributed by atoms with Crippen molar-refractivity contribution in [1.29, 1.82) is 0 Å². The van der Waals surface area contributed by atoms with Crippen molar-refractivity contribution in [2.75, 3.05) is 0 Å². The van der Waals surface area contributed by atoms with E-state index in [9.17, 15) is 4.39 Å². The smallest absolute Gasteiger partial charge is 0.137 e. The SMILES string of the molecule is NCc1cc(Sc2ccccc2F)nc2ccccc12. The summed E-state index contributed by atoms with van der Waals surface area (Å²) < 4.78 is 13.7. The van der Waals surface area contributed by atoms with Crippen LogP contribution in [0.3, 0.4) is 0 Å². The van der Waals surface area contributed by atoms with Crippen molar-refractivity contribution in [2.45, 2.75) is 16.5 Å². The number of para-hydroxylation sites is 1. The molecule has 4 heteroatoms. The Balaban J connectivity index is 2.06. The second-order valence-corrected chi connectivity index (χ2v) is 5.44. The molecule has 0 saturated heterocycles. The van der Waals surface area contributed by atoms with Crippen LogP contribution in [0.5, 0.6) is 0 Å². The summed E-state index contributed by atoms with van der Waals surface area (Å²) in [5.74, 6) is -0.234. The van der Waals surface area contributed by atoms with Crippen LogP contribution in [-0.4, -0.2) is 4.98 Å². The van der Waals surface area contributed by atoms with Gasteiger partial charge in [0.25, 0.3) is 0 Å². The highest BCUT2D eigenvalue weighted by Gasteiger charge is 2.08. The number of nitrogens with two attached hydrogens (primary N) is 1. The Morgan fingerprint density at radius 1 is 1.05 bits per heavy atom. The molecule has 100 valence electrons. The van der Waals surface area contributed by atoms with E-state index in [1.165, 1.54) is 17.8 Å². The summed E-state index contributed by atoms with van der Waals surface area (Å²) >= 11 is 1.32. The first-order valence-corrected chi connectivity index (χ1v) is 7.10. The fraction of sp³-hybridized carbons (Fsp3) is 0.0625. The number of pyridine rings is 1. The van der Waals surface area contributed by atoms with Gasteiger partial charge in [0.05, 0.1) is 5.52 Å². The van der Waals surface area contributed by atoms with Crippen molar-refractivity contribution in [3.8, 4) is 0 Å². The Hall–Kier alpha value is -1.91. The molecule has 0 atom stereocenters. The lowest BCUT2D eigenvalue weighted by Crippen LogP contribution is -1.99. The number of nitrogens with zero attached hydrogens (tertiary/aromatic N) is 1. The first-order chi connectivity index (χ1) is 9.78. The fourth-order valence-electron chi connectivity index (χ4n) is 2.08. The molecular weight excluding hydrogens is 271 g/mol. The van der Waals surface area contributed by atoms with E-state index in [1.807, 2.05) is 36.4 Å². The summed E-state index contributed by atoms with van der Waals surface area (Å²) in [5, 5.41) is 1.81. The normalized spacial score (nSPS) is 10.9. The average molecular weight is 284 g/mol. The van der Waals surface area contributed by atoms with Gasteiger partial charge >= 0.3 is 0 Å². The fourth-order valence-corrected chi connectivity index (χ4v) is 2.96. The predicted octanol–water partition coefficient (Wildman–Crippen LogP) is 3.98. The molecule has 3 rings (SSSR count). The third kappa shape index (κ3) is 2.53. The van der Waals surface area contributed by atoms with E-state index in [-0.39, 0.29) is 5.82 Å². The van der Waals surface area contributed by atoms with Gasteiger partial charge in [0.1, 0.15) is 10.8 Å². The van der Waals surface area contributed by atoms with Crippen LogP contribution in [0.25, 0.3) is 10.9 Å². The van der Waals surface area contributed by atoms with Gasteiger partial charge in [0, 0.05) is 16.8 Å². The molecule has 0 saturated carbocycles. The first-order valence-electron chi connectivity index (χ1n) is 6.29. The van der Waals surface area contributed by atoms with Crippen molar-refractivity contribution in [1.82, 2.24) is 4.98 Å². The molecule has 0 aliphatic rings. The largest absolute Gasteiger partial charge is 0.326 e. The van der Waals surface area contributed by atoms with Crippen LogP contribution in [0.4, 0.5) is 4.39 Å². The summed E-state index contributed by atoms with van der Waals surface area (Å²) in [4.78, 5) is 5.13. The quantitative estimate of drug-likeness (QED) is 0.790. The molecule has 20 heavy (non-hydrogen) atoms. The standard InChI is InChI=1S/C16H13FN2S/c17-13-6-2-4-8-15(13)20-16-9-11(10-18)12-5-1-3-7-14(12)19-16/h1-9H,10,18H2. The molecule has 2 aromatic carbocycles. The van der Waals surface area contributed by atoms with Gasteiger partial charge in [0.2, 0.25) is 0 Å². The van der Waals surface area contributed by atoms with Crippen LogP contribution >= 0.6 is 11.8 Å². The van der Waals surface area contributed by atoms with Gasteiger partial charge in [-0.1, -0.05) is 42.1 Å². The Bertz CT molecular complexity index is 758. The molecule has 0 aliphatic carbocycles. The monoisotopic (exact) mass is 284 g/mol. The number of hydrogen-bond donors (Lipinski definition) is 1. The minimum Gasteiger partial charge on any atom is -0.326 e. The van der Waals surface area contributed by atoms with E-state index in [0.717, 1.165) is 21.5 Å². The molecule has 0 fully saturated rings. The minimum atomic E-state index is -0.234. The van der Waals surface area contributed by atoms with Crippen molar-refractivity contribution in [3.63, 3.8) is 0 Å². The molecule has 0 aliphatic heterocycles. The summed E-state index contributed by atoms with van der Waals surface area (Å²) in [6.45, 7) is 0.438. The first kappa shape index (κ1) is 13.1. The number of aromatic nitrogens is 1. The van der Waals surface area contributed by atoms with Crippen LogP contribution < -0.4 is 5.73 Å². The third-order valence-electron chi connectivity index (χ3n) is 3.05. The number of fused-ring (bicyclic) bond motifs is 1. The zero-order chi connectivity index (χ0) is 13.9. The lowest BCUT2D eigenvalue weighted by molar-refractivity contribution is 0.602. The number of hydrogen-bond acceptors (Lipinski definition) is 3. The van der Waals surface area contributed by atoms with Crippen LogP contribution in [0, 0.1) is 5.82 Å². The number of benzene rings is 2. The molecule has 0 amide bonds. The van der Waals surface area contributed by atoms with E-state index < -0.39 is 0 Å². The Kier molecular flexibility index (Phi) is 3.67. The van der Waals surface area contributed by atoms with Crippen molar-refractivity contribution in [2.24, 2.45) is 5.73 Å². The van der Waals surface area contributed by atoms with Crippen molar-refractivity contribution < 1.29 is 4.39 Å². The molecular formula is C16H13FN2S. The molecule has 2 nitrogen and oxygen atoms in total. The van der Waals surface area contributed by atoms with Crippen molar-refractivity contribution >= 4 is 22.7 Å². The highest BCUT2D eigenvalue weighted by atomic mass is 32.2. The minimum absolute atomic E-state index is 0.234. The highest BCUT2D eigenvalue weighted by Crippen LogP contribution is 2.31. The highest BCUT2D eigenvalue weighted by molar-refractivity contribution is 7.99. The molecule has 0 unspecified atom stereocenters. The lowest BCUT2D eigenvalue weighted by Gasteiger charge is -2.08. The maximum Gasteiger partial charge on any atom is 0.137 e. The maximum absolute atomic E-state index is 13.7. The van der Waals surface area contributed by atoms with Gasteiger partial charge in [-0.2, -0.15) is 0 Å². The molecule has 0 spiro atoms. The van der Waals surface area contributed by atoms with Gasteiger partial charge in [-0.05, 0) is 29.8 Å². The molecule has 0 bridgehead atoms. The summed E-state index contributed by atoms with van der Waals surface area (Å²) in [5.41, 5.74) is 7.70. The van der Waals surface area contributed by atoms with Gasteiger partial charge in [0.15, 0.2) is 0 Å². The Labute approximate surface area is 120 Å². The van der Waals surface area contributed by atoms with E-state index >= 15 is 0 Å². The summed E-state index contributed by atoms with van der Waals surface area (Å²) in [7, 11) is 0. The second kappa shape index (κ2) is 5.61. The molecule has 3 aromatic rings. The molecule has 2 N–H and O–H groups in total. The second-order valence-electron chi connectivity index (χ2n) is 4.37. The van der Waals surface area contributed by atoms with E-state index in [2.05, 4.69) is 4.98 Å². The van der Waals surface area contributed by atoms with Crippen molar-refractivity contribution in [3.05, 3.63) is 66.0 Å². The van der Waals surface area contributed by atoms with E-state index in [4.69, 9.17) is 5.73 Å². The van der Waals surface area contributed by atoms with E-state index in [0.29, 0.717) is 11.4 Å². The van der Waals surface area contributed by atoms with Crippen LogP contribution in [0.1, 0.15) is 5.56 Å². The van der Waals surface area contributed by atoms with Gasteiger partial charge < -0.3 is 5.73 Å². The van der Waals surface area contributed by atoms with Crippen LogP contribution in [-0.2, 0) is 6.54 Å². The average Bonchev–Trinajstić information content (AvgIpc) is 2.49. The topological polar surface area (TPSA) is 38.9 Å². The van der Waals surface area contributed by atoms with Crippen LogP contribution in [0.2, 0.25) is 0 Å². The van der Waals surface area contributed by atoms with Gasteiger partial charge in [-0.3, -0.25) is 0 Å². The number of rotatable bonds is 3. The molecule has 1 heterocycles. The maximum atomic E-state index is 13.7. The van der Waals surface area contributed by atoms with Gasteiger partial charge in [-0.15, -0.1) is 0 Å². The van der Waals surface area contributed by atoms with Crippen LogP contribution in [0.15, 0.2) is 64.5 Å². The predicted molar refractivity (Wildman–Crippen MR) is 80.2 cm³/mol. The lowest BCUT2D eigenvalue weighted by atomic mass is 10.1. The third-order valence-corrected chi connectivity index (χ3v) is 4.02. The molecule has 0 radical (unpaired) electrons. The summed E-state index contributed by atoms with van der Waals surface area (Å²) in [6, 6.07) is 16.5. The summed E-state index contributed by atoms with van der Waals surface area (Å²) in [6.07, 6.45) is 0. The Morgan fingerprint density at radius 2 is 1.80 bits per heavy atom. The molecule has 1 aromatic heterocycles. The Morgan fingerprint density at radius 3 is 2.60 bits per heavy atom. The van der Waals surface area contributed by atoms with Gasteiger partial charge in [-0.25, -0.2) is 9.37 Å². The van der Waals surface area contributed by atoms with E-state index in [1.54, 1.807) is 12.1 Å². The zero-order valence-electron chi connectivity index (χ0n) is 10.7. The zero-order valence-corrected chi connectivity index (χ0v) is 11.5. The number of halogens is 1.